The van der Waals surface area contributed by atoms with Gasteiger partial charge in [-0.1, -0.05) is 12.6 Å². The zero-order valence-electron chi connectivity index (χ0n) is 8.24. The smallest absolute Gasteiger partial charge is 0.250 e. The van der Waals surface area contributed by atoms with Gasteiger partial charge >= 0.3 is 0 Å². The normalized spacial score (nSPS) is 10.2. The van der Waals surface area contributed by atoms with E-state index in [4.69, 9.17) is 0 Å². The Bertz CT molecular complexity index is 529. The van der Waals surface area contributed by atoms with Gasteiger partial charge in [0.05, 0.1) is 5.69 Å². The molecular formula is C10H10N4O. The lowest BCUT2D eigenvalue weighted by Crippen LogP contribution is -2.11. The number of carbonyl (C=O) groups excluding carboxylic acids is 1. The predicted octanol–water partition coefficient (Wildman–Crippen LogP) is 1.47. The first-order valence-electron chi connectivity index (χ1n) is 4.45. The topological polar surface area (TPSA) is 70.7 Å². The van der Waals surface area contributed by atoms with Crippen molar-refractivity contribution < 1.29 is 4.79 Å². The number of hydrogen-bond acceptors (Lipinski definition) is 3. The molecule has 0 radical (unpaired) electrons. The Kier molecular flexibility index (Phi) is 2.21. The van der Waals surface area contributed by atoms with Crippen LogP contribution >= 0.6 is 0 Å². The number of nitrogens with one attached hydrogen (secondary N) is 2. The van der Waals surface area contributed by atoms with Gasteiger partial charge < -0.3 is 5.32 Å². The maximum Gasteiger partial charge on any atom is 0.250 e. The van der Waals surface area contributed by atoms with Crippen molar-refractivity contribution in [3.05, 3.63) is 30.4 Å². The molecule has 76 valence electrons. The minimum absolute atomic E-state index is 0.217. The van der Waals surface area contributed by atoms with Crippen LogP contribution in [0.15, 0.2) is 30.4 Å². The Morgan fingerprint density at radius 2 is 2.27 bits per heavy atom. The molecule has 2 N–H and O–H groups in total. The Morgan fingerprint density at radius 1 is 1.47 bits per heavy atom. The molecule has 0 bridgehead atoms. The molecule has 0 aliphatic rings. The molecule has 0 atom stereocenters. The third-order valence-electron chi connectivity index (χ3n) is 1.98. The van der Waals surface area contributed by atoms with Crippen LogP contribution in [-0.2, 0) is 4.79 Å². The maximum atomic E-state index is 11.4. The predicted molar refractivity (Wildman–Crippen MR) is 57.3 cm³/mol. The molecule has 1 aromatic carbocycles. The summed E-state index contributed by atoms with van der Waals surface area (Å²) >= 11 is 0. The van der Waals surface area contributed by atoms with Crippen LogP contribution < -0.4 is 5.32 Å². The molecule has 2 aromatic rings. The highest BCUT2D eigenvalue weighted by Gasteiger charge is 2.07. The molecule has 0 aliphatic heterocycles. The van der Waals surface area contributed by atoms with Crippen LogP contribution in [0.3, 0.4) is 0 Å². The molecule has 1 aromatic heterocycles. The van der Waals surface area contributed by atoms with Gasteiger partial charge in [-0.2, -0.15) is 15.4 Å². The van der Waals surface area contributed by atoms with E-state index in [2.05, 4.69) is 27.3 Å². The third kappa shape index (κ3) is 1.71. The summed E-state index contributed by atoms with van der Waals surface area (Å²) in [5, 5.41) is 13.1. The SMILES string of the molecule is C=C(C)C(=O)Nc1cccc2n[nH]nc12. The van der Waals surface area contributed by atoms with Gasteiger partial charge in [0.15, 0.2) is 0 Å². The van der Waals surface area contributed by atoms with Crippen LogP contribution in [-0.4, -0.2) is 21.3 Å². The Hall–Kier alpha value is -2.17. The number of amides is 1. The van der Waals surface area contributed by atoms with Gasteiger partial charge in [0.1, 0.15) is 11.0 Å². The van der Waals surface area contributed by atoms with E-state index in [1.54, 1.807) is 19.1 Å². The monoisotopic (exact) mass is 202 g/mol. The highest BCUT2D eigenvalue weighted by atomic mass is 16.1. The lowest BCUT2D eigenvalue weighted by Gasteiger charge is -2.03. The standard InChI is InChI=1S/C10H10N4O/c1-6(2)10(15)11-7-4-3-5-8-9(7)13-14-12-8/h3-5H,1H2,2H3,(H,11,15)(H,12,13,14). The van der Waals surface area contributed by atoms with Gasteiger partial charge in [0.2, 0.25) is 0 Å². The summed E-state index contributed by atoms with van der Waals surface area (Å²) in [6.07, 6.45) is 0. The van der Waals surface area contributed by atoms with E-state index in [1.165, 1.54) is 0 Å². The average molecular weight is 202 g/mol. The van der Waals surface area contributed by atoms with Crippen molar-refractivity contribution in [2.75, 3.05) is 5.32 Å². The van der Waals surface area contributed by atoms with Gasteiger partial charge in [-0.25, -0.2) is 0 Å². The van der Waals surface area contributed by atoms with Gasteiger partial charge in [-0.15, -0.1) is 0 Å². The van der Waals surface area contributed by atoms with Crippen molar-refractivity contribution in [3.8, 4) is 0 Å². The van der Waals surface area contributed by atoms with Crippen LogP contribution in [0, 0.1) is 0 Å². The van der Waals surface area contributed by atoms with Crippen LogP contribution in [0.5, 0.6) is 0 Å². The number of hydrogen-bond donors (Lipinski definition) is 2. The van der Waals surface area contributed by atoms with Gasteiger partial charge in [-0.05, 0) is 19.1 Å². The molecule has 0 aliphatic carbocycles. The number of anilines is 1. The second-order valence-corrected chi connectivity index (χ2v) is 3.23. The van der Waals surface area contributed by atoms with E-state index >= 15 is 0 Å². The van der Waals surface area contributed by atoms with Crippen LogP contribution in [0.1, 0.15) is 6.92 Å². The Labute approximate surface area is 86.2 Å². The third-order valence-corrected chi connectivity index (χ3v) is 1.98. The lowest BCUT2D eigenvalue weighted by atomic mass is 10.2. The zero-order valence-corrected chi connectivity index (χ0v) is 8.24. The molecule has 0 unspecified atom stereocenters. The van der Waals surface area contributed by atoms with Crippen molar-refractivity contribution in [1.82, 2.24) is 15.4 Å². The van der Waals surface area contributed by atoms with Crippen LogP contribution in [0.4, 0.5) is 5.69 Å². The number of carbonyl (C=O) groups is 1. The summed E-state index contributed by atoms with van der Waals surface area (Å²) in [7, 11) is 0. The van der Waals surface area contributed by atoms with E-state index in [1.807, 2.05) is 6.07 Å². The number of benzene rings is 1. The number of H-pyrrole nitrogens is 1. The van der Waals surface area contributed by atoms with Crippen molar-refractivity contribution in [2.24, 2.45) is 0 Å². The first-order valence-corrected chi connectivity index (χ1v) is 4.45. The maximum absolute atomic E-state index is 11.4. The van der Waals surface area contributed by atoms with Crippen LogP contribution in [0.25, 0.3) is 11.0 Å². The van der Waals surface area contributed by atoms with Crippen LogP contribution in [0.2, 0.25) is 0 Å². The highest BCUT2D eigenvalue weighted by Crippen LogP contribution is 2.18. The van der Waals surface area contributed by atoms with Gasteiger partial charge in [0.25, 0.3) is 5.91 Å². The molecule has 1 heterocycles. The van der Waals surface area contributed by atoms with Gasteiger partial charge in [-0.3, -0.25) is 4.79 Å². The number of fused-ring (bicyclic) bond motifs is 1. The van der Waals surface area contributed by atoms with E-state index < -0.39 is 0 Å². The number of aromatic nitrogens is 3. The summed E-state index contributed by atoms with van der Waals surface area (Å²) in [6.45, 7) is 5.21. The summed E-state index contributed by atoms with van der Waals surface area (Å²) in [5.74, 6) is -0.217. The summed E-state index contributed by atoms with van der Waals surface area (Å²) in [5.41, 5.74) is 2.45. The number of nitrogens with zero attached hydrogens (tertiary/aromatic N) is 2. The second kappa shape index (κ2) is 3.53. The summed E-state index contributed by atoms with van der Waals surface area (Å²) in [6, 6.07) is 5.39. The molecule has 5 nitrogen and oxygen atoms in total. The average Bonchev–Trinajstić information content (AvgIpc) is 2.66. The van der Waals surface area contributed by atoms with E-state index in [-0.39, 0.29) is 5.91 Å². The summed E-state index contributed by atoms with van der Waals surface area (Å²) in [4.78, 5) is 11.4. The first kappa shape index (κ1) is 9.39. The van der Waals surface area contributed by atoms with E-state index in [0.29, 0.717) is 16.8 Å². The molecule has 2 rings (SSSR count). The van der Waals surface area contributed by atoms with Gasteiger partial charge in [0, 0.05) is 5.57 Å². The molecule has 15 heavy (non-hydrogen) atoms. The molecule has 5 heteroatoms. The Balaban J connectivity index is 2.39. The number of aromatic amines is 1. The second-order valence-electron chi connectivity index (χ2n) is 3.23. The van der Waals surface area contributed by atoms with E-state index in [0.717, 1.165) is 5.52 Å². The fourth-order valence-corrected chi connectivity index (χ4v) is 1.20. The minimum atomic E-state index is -0.217. The molecule has 0 fully saturated rings. The van der Waals surface area contributed by atoms with E-state index in [9.17, 15) is 4.79 Å². The number of para-hydroxylation sites is 1. The van der Waals surface area contributed by atoms with Crippen molar-refractivity contribution in [3.63, 3.8) is 0 Å². The largest absolute Gasteiger partial charge is 0.320 e. The fourth-order valence-electron chi connectivity index (χ4n) is 1.20. The molecular weight excluding hydrogens is 192 g/mol. The zero-order chi connectivity index (χ0) is 10.8. The quantitative estimate of drug-likeness (QED) is 0.724. The lowest BCUT2D eigenvalue weighted by molar-refractivity contribution is -0.112. The molecule has 0 spiro atoms. The highest BCUT2D eigenvalue weighted by molar-refractivity contribution is 6.06. The Morgan fingerprint density at radius 3 is 3.00 bits per heavy atom. The fraction of sp³-hybridized carbons (Fsp3) is 0.100. The first-order chi connectivity index (χ1) is 7.18. The van der Waals surface area contributed by atoms with Crippen molar-refractivity contribution >= 4 is 22.6 Å². The molecule has 1 amide bonds. The molecule has 0 saturated heterocycles. The minimum Gasteiger partial charge on any atom is -0.320 e. The number of rotatable bonds is 2. The summed E-state index contributed by atoms with van der Waals surface area (Å²) < 4.78 is 0. The van der Waals surface area contributed by atoms with Crippen molar-refractivity contribution in [2.45, 2.75) is 6.92 Å². The molecule has 0 saturated carbocycles. The van der Waals surface area contributed by atoms with Crippen molar-refractivity contribution in [1.29, 1.82) is 0 Å².